The molecule has 0 aliphatic heterocycles. The van der Waals surface area contributed by atoms with Gasteiger partial charge in [0.15, 0.2) is 0 Å². The number of rotatable bonds is 11. The van der Waals surface area contributed by atoms with Crippen molar-refractivity contribution in [3.8, 4) is 0 Å². The number of carbonyl (C=O) groups excluding carboxylic acids is 3. The number of nitrogens with one attached hydrogen (secondary N) is 2. The van der Waals surface area contributed by atoms with Crippen molar-refractivity contribution in [2.75, 3.05) is 6.61 Å². The van der Waals surface area contributed by atoms with Crippen LogP contribution in [0.3, 0.4) is 0 Å². The first-order valence-corrected chi connectivity index (χ1v) is 11.2. The minimum absolute atomic E-state index is 0.00881. The van der Waals surface area contributed by atoms with Gasteiger partial charge < -0.3 is 25.2 Å². The number of carbonyl (C=O) groups is 3. The molecule has 3 rings (SSSR count). The average Bonchev–Trinajstić information content (AvgIpc) is 2.90. The molecular weight excluding hydrogens is 448 g/mol. The summed E-state index contributed by atoms with van der Waals surface area (Å²) >= 11 is 0. The Hall–Kier alpha value is -4.17. The quantitative estimate of drug-likeness (QED) is 0.367. The summed E-state index contributed by atoms with van der Waals surface area (Å²) in [6.45, 7) is -0.618. The summed E-state index contributed by atoms with van der Waals surface area (Å²) < 4.78 is 10.5. The fourth-order valence-electron chi connectivity index (χ4n) is 3.25. The predicted molar refractivity (Wildman–Crippen MR) is 129 cm³/mol. The van der Waals surface area contributed by atoms with Crippen LogP contribution in [0.25, 0.3) is 0 Å². The van der Waals surface area contributed by atoms with Gasteiger partial charge in [-0.15, -0.1) is 0 Å². The molecule has 182 valence electrons. The number of hydrogen-bond acceptors (Lipinski definition) is 6. The van der Waals surface area contributed by atoms with Crippen LogP contribution in [-0.4, -0.2) is 41.8 Å². The highest BCUT2D eigenvalue weighted by molar-refractivity contribution is 5.89. The Morgan fingerprint density at radius 1 is 0.657 bits per heavy atom. The first-order valence-electron chi connectivity index (χ1n) is 11.2. The van der Waals surface area contributed by atoms with Gasteiger partial charge in [0.1, 0.15) is 25.3 Å². The van der Waals surface area contributed by atoms with E-state index in [2.05, 4.69) is 10.6 Å². The highest BCUT2D eigenvalue weighted by Gasteiger charge is 2.28. The Morgan fingerprint density at radius 2 is 1.14 bits per heavy atom. The fraction of sp³-hybridized carbons (Fsp3) is 0.222. The molecule has 35 heavy (non-hydrogen) atoms. The molecule has 0 aliphatic rings. The zero-order valence-electron chi connectivity index (χ0n) is 19.1. The Balaban J connectivity index is 1.60. The maximum atomic E-state index is 12.8. The van der Waals surface area contributed by atoms with Crippen molar-refractivity contribution in [1.82, 2.24) is 10.6 Å². The minimum atomic E-state index is -1.31. The highest BCUT2D eigenvalue weighted by Crippen LogP contribution is 2.08. The lowest BCUT2D eigenvalue weighted by molar-refractivity contribution is -0.149. The molecule has 0 fully saturated rings. The second kappa shape index (κ2) is 13.5. The molecular formula is C27H28N2O6. The van der Waals surface area contributed by atoms with Crippen LogP contribution >= 0.6 is 0 Å². The standard InChI is InChI=1S/C27H28N2O6/c30-17-24(29-27(33)35-19-22-14-8-3-9-15-22)25(31)28-23(16-20-10-4-1-5-11-20)26(32)34-18-21-12-6-2-7-13-21/h1-15,23-24,30H,16-19H2,(H,28,31)(H,29,33). The van der Waals surface area contributed by atoms with Gasteiger partial charge in [0, 0.05) is 6.42 Å². The van der Waals surface area contributed by atoms with E-state index in [0.717, 1.165) is 16.7 Å². The van der Waals surface area contributed by atoms with E-state index >= 15 is 0 Å². The summed E-state index contributed by atoms with van der Waals surface area (Å²) in [5.74, 6) is -1.36. The second-order valence-electron chi connectivity index (χ2n) is 7.79. The molecule has 8 nitrogen and oxygen atoms in total. The highest BCUT2D eigenvalue weighted by atomic mass is 16.5. The molecule has 0 saturated carbocycles. The SMILES string of the molecule is O=C(NC(CO)C(=O)NC(Cc1ccccc1)C(=O)OCc1ccccc1)OCc1ccccc1. The number of alkyl carbamates (subject to hydrolysis) is 1. The van der Waals surface area contributed by atoms with E-state index in [1.54, 1.807) is 12.1 Å². The Kier molecular flexibility index (Phi) is 9.83. The van der Waals surface area contributed by atoms with Gasteiger partial charge in [0.2, 0.25) is 5.91 Å². The first kappa shape index (κ1) is 25.5. The van der Waals surface area contributed by atoms with E-state index in [-0.39, 0.29) is 19.6 Å². The number of aliphatic hydroxyl groups excluding tert-OH is 1. The molecule has 3 aromatic rings. The number of benzene rings is 3. The maximum Gasteiger partial charge on any atom is 0.408 e. The van der Waals surface area contributed by atoms with Crippen LogP contribution in [0, 0.1) is 0 Å². The van der Waals surface area contributed by atoms with Gasteiger partial charge in [-0.2, -0.15) is 0 Å². The molecule has 0 bridgehead atoms. The molecule has 2 amide bonds. The Morgan fingerprint density at radius 3 is 1.66 bits per heavy atom. The van der Waals surface area contributed by atoms with Gasteiger partial charge in [0.25, 0.3) is 0 Å². The third-order valence-electron chi connectivity index (χ3n) is 5.11. The number of ether oxygens (including phenoxy) is 2. The van der Waals surface area contributed by atoms with Crippen LogP contribution < -0.4 is 10.6 Å². The molecule has 0 aromatic heterocycles. The van der Waals surface area contributed by atoms with Crippen LogP contribution in [0.15, 0.2) is 91.0 Å². The number of aliphatic hydroxyl groups is 1. The van der Waals surface area contributed by atoms with Gasteiger partial charge in [-0.25, -0.2) is 9.59 Å². The lowest BCUT2D eigenvalue weighted by Crippen LogP contribution is -2.54. The first-order chi connectivity index (χ1) is 17.0. The van der Waals surface area contributed by atoms with Crippen LogP contribution in [0.5, 0.6) is 0 Å². The van der Waals surface area contributed by atoms with Crippen molar-refractivity contribution in [2.24, 2.45) is 0 Å². The fourth-order valence-corrected chi connectivity index (χ4v) is 3.25. The third kappa shape index (κ3) is 8.60. The van der Waals surface area contributed by atoms with Crippen LogP contribution in [0.2, 0.25) is 0 Å². The number of hydrogen-bond donors (Lipinski definition) is 3. The van der Waals surface area contributed by atoms with Crippen LogP contribution in [0.1, 0.15) is 16.7 Å². The molecule has 2 unspecified atom stereocenters. The third-order valence-corrected chi connectivity index (χ3v) is 5.11. The zero-order valence-corrected chi connectivity index (χ0v) is 19.1. The summed E-state index contributed by atoms with van der Waals surface area (Å²) in [7, 11) is 0. The molecule has 0 radical (unpaired) electrons. The smallest absolute Gasteiger partial charge is 0.408 e. The molecule has 0 heterocycles. The molecule has 8 heteroatoms. The van der Waals surface area contributed by atoms with Gasteiger partial charge >= 0.3 is 12.1 Å². The molecule has 2 atom stereocenters. The summed E-state index contributed by atoms with van der Waals surface area (Å²) in [4.78, 5) is 37.8. The second-order valence-corrected chi connectivity index (χ2v) is 7.79. The van der Waals surface area contributed by atoms with Crippen LogP contribution in [0.4, 0.5) is 4.79 Å². The summed E-state index contributed by atoms with van der Waals surface area (Å²) in [6, 6.07) is 25.0. The summed E-state index contributed by atoms with van der Waals surface area (Å²) in [5.41, 5.74) is 2.39. The van der Waals surface area contributed by atoms with Crippen molar-refractivity contribution < 1.29 is 29.0 Å². The van der Waals surface area contributed by atoms with E-state index in [4.69, 9.17) is 9.47 Å². The lowest BCUT2D eigenvalue weighted by atomic mass is 10.1. The average molecular weight is 477 g/mol. The molecule has 3 N–H and O–H groups in total. The molecule has 0 spiro atoms. The largest absolute Gasteiger partial charge is 0.459 e. The van der Waals surface area contributed by atoms with Crippen LogP contribution in [-0.2, 0) is 38.7 Å². The molecule has 3 aromatic carbocycles. The number of amides is 2. The number of esters is 1. The molecule has 0 saturated heterocycles. The predicted octanol–water partition coefficient (Wildman–Crippen LogP) is 2.74. The maximum absolute atomic E-state index is 12.8. The minimum Gasteiger partial charge on any atom is -0.459 e. The van der Waals surface area contributed by atoms with Gasteiger partial charge in [-0.3, -0.25) is 4.79 Å². The van der Waals surface area contributed by atoms with Gasteiger partial charge in [0.05, 0.1) is 6.61 Å². The monoisotopic (exact) mass is 476 g/mol. The van der Waals surface area contributed by atoms with Gasteiger partial charge in [-0.05, 0) is 16.7 Å². The van der Waals surface area contributed by atoms with Crippen molar-refractivity contribution >= 4 is 18.0 Å². The topological polar surface area (TPSA) is 114 Å². The van der Waals surface area contributed by atoms with Crippen molar-refractivity contribution in [3.63, 3.8) is 0 Å². The normalized spacial score (nSPS) is 12.1. The van der Waals surface area contributed by atoms with Gasteiger partial charge in [-0.1, -0.05) is 91.0 Å². The Bertz CT molecular complexity index is 1080. The van der Waals surface area contributed by atoms with E-state index in [1.807, 2.05) is 78.9 Å². The van der Waals surface area contributed by atoms with Crippen molar-refractivity contribution in [1.29, 1.82) is 0 Å². The van der Waals surface area contributed by atoms with Crippen molar-refractivity contribution in [2.45, 2.75) is 31.7 Å². The Labute approximate surface area is 203 Å². The lowest BCUT2D eigenvalue weighted by Gasteiger charge is -2.21. The van der Waals surface area contributed by atoms with E-state index < -0.39 is 36.7 Å². The van der Waals surface area contributed by atoms with E-state index in [1.165, 1.54) is 0 Å². The van der Waals surface area contributed by atoms with E-state index in [0.29, 0.717) is 0 Å². The molecule has 0 aliphatic carbocycles. The summed E-state index contributed by atoms with van der Waals surface area (Å²) in [6.07, 6.45) is -0.689. The van der Waals surface area contributed by atoms with Crippen molar-refractivity contribution in [3.05, 3.63) is 108 Å². The zero-order chi connectivity index (χ0) is 24.9. The van der Waals surface area contributed by atoms with E-state index in [9.17, 15) is 19.5 Å². The summed E-state index contributed by atoms with van der Waals surface area (Å²) in [5, 5.41) is 14.6.